The van der Waals surface area contributed by atoms with Crippen LogP contribution in [0.4, 0.5) is 13.2 Å². The Kier molecular flexibility index (Phi) is 2.27. The molecule has 1 aliphatic rings. The van der Waals surface area contributed by atoms with Crippen molar-refractivity contribution in [2.24, 2.45) is 4.99 Å². The molecule has 0 aliphatic carbocycles. The number of allylic oxidation sites excluding steroid dienone is 1. The van der Waals surface area contributed by atoms with Crippen LogP contribution in [0.2, 0.25) is 0 Å². The maximum atomic E-state index is 12.0. The number of aliphatic imine (C=N–C) groups is 1. The van der Waals surface area contributed by atoms with Crippen LogP contribution >= 0.6 is 12.6 Å². The van der Waals surface area contributed by atoms with E-state index in [9.17, 15) is 18.0 Å². The zero-order valence-corrected chi connectivity index (χ0v) is 6.62. The van der Waals surface area contributed by atoms with Crippen molar-refractivity contribution in [1.29, 1.82) is 0 Å². The Balaban J connectivity index is 3.02. The van der Waals surface area contributed by atoms with Crippen LogP contribution in [0.3, 0.4) is 0 Å². The first-order valence-electron chi connectivity index (χ1n) is 2.97. The second-order valence-electron chi connectivity index (χ2n) is 2.20. The number of carbonyl (C=O) groups is 1. The van der Waals surface area contributed by atoms with Crippen molar-refractivity contribution in [3.63, 3.8) is 0 Å². The van der Waals surface area contributed by atoms with E-state index in [1.807, 2.05) is 0 Å². The number of carbonyl (C=O) groups excluding carboxylic acids is 1. The van der Waals surface area contributed by atoms with Crippen molar-refractivity contribution >= 4 is 24.6 Å². The Morgan fingerprint density at radius 3 is 2.50 bits per heavy atom. The summed E-state index contributed by atoms with van der Waals surface area (Å²) in [4.78, 5) is 13.8. The molecule has 0 atom stereocenters. The van der Waals surface area contributed by atoms with E-state index in [2.05, 4.69) is 17.6 Å². The summed E-state index contributed by atoms with van der Waals surface area (Å²) in [5, 5.41) is -0.429. The third-order valence-electron chi connectivity index (χ3n) is 1.29. The van der Waals surface area contributed by atoms with Crippen LogP contribution in [0.5, 0.6) is 0 Å². The van der Waals surface area contributed by atoms with Gasteiger partial charge in [0, 0.05) is 6.42 Å². The average Bonchev–Trinajstić information content (AvgIpc) is 1.92. The van der Waals surface area contributed by atoms with Crippen LogP contribution in [0.25, 0.3) is 0 Å². The highest BCUT2D eigenvalue weighted by Gasteiger charge is 2.37. The molecule has 0 aromatic rings. The van der Waals surface area contributed by atoms with Gasteiger partial charge in [-0.05, 0) is 0 Å². The van der Waals surface area contributed by atoms with E-state index in [1.165, 1.54) is 0 Å². The maximum Gasteiger partial charge on any atom is 0.415 e. The Hall–Kier alpha value is -0.780. The van der Waals surface area contributed by atoms with Crippen molar-refractivity contribution in [3.05, 3.63) is 10.6 Å². The Labute approximate surface area is 71.6 Å². The molecule has 0 unspecified atom stereocenters. The molecule has 1 aliphatic heterocycles. The summed E-state index contributed by atoms with van der Waals surface area (Å²) in [5.74, 6) is -0.653. The highest BCUT2D eigenvalue weighted by molar-refractivity contribution is 7.84. The molecule has 1 heterocycles. The van der Waals surface area contributed by atoms with Gasteiger partial charge >= 0.3 is 6.18 Å². The number of nitrogens with zero attached hydrogens (tertiary/aromatic N) is 1. The molecule has 0 radical (unpaired) electrons. The summed E-state index contributed by atoms with van der Waals surface area (Å²) in [7, 11) is 0. The molecule has 12 heavy (non-hydrogen) atoms. The predicted molar refractivity (Wildman–Crippen MR) is 40.2 cm³/mol. The highest BCUT2D eigenvalue weighted by Crippen LogP contribution is 2.33. The molecular formula is C6H4F3NOS. The zero-order valence-electron chi connectivity index (χ0n) is 5.72. The van der Waals surface area contributed by atoms with Crippen LogP contribution in [0.1, 0.15) is 6.42 Å². The minimum absolute atomic E-state index is 0.429. The third kappa shape index (κ3) is 1.88. The lowest BCUT2D eigenvalue weighted by atomic mass is 10.1. The van der Waals surface area contributed by atoms with Crippen molar-refractivity contribution in [2.45, 2.75) is 12.6 Å². The van der Waals surface area contributed by atoms with Gasteiger partial charge in [-0.2, -0.15) is 13.2 Å². The molecule has 6 heteroatoms. The normalized spacial score (nSPS) is 18.8. The first-order valence-corrected chi connectivity index (χ1v) is 3.42. The second-order valence-corrected chi connectivity index (χ2v) is 2.62. The fourth-order valence-corrected chi connectivity index (χ4v) is 1.00. The van der Waals surface area contributed by atoms with E-state index in [-0.39, 0.29) is 0 Å². The minimum atomic E-state index is -4.51. The molecule has 0 aromatic carbocycles. The van der Waals surface area contributed by atoms with Gasteiger partial charge in [0.05, 0.1) is 11.8 Å². The summed E-state index contributed by atoms with van der Waals surface area (Å²) in [6, 6.07) is 0. The van der Waals surface area contributed by atoms with Gasteiger partial charge in [0.2, 0.25) is 0 Å². The van der Waals surface area contributed by atoms with Gasteiger partial charge in [0.15, 0.2) is 5.78 Å². The fraction of sp³-hybridized carbons (Fsp3) is 0.333. The van der Waals surface area contributed by atoms with Crippen LogP contribution < -0.4 is 0 Å². The van der Waals surface area contributed by atoms with Gasteiger partial charge in [-0.25, -0.2) is 4.99 Å². The van der Waals surface area contributed by atoms with Gasteiger partial charge in [-0.3, -0.25) is 4.79 Å². The number of halogens is 3. The first-order chi connectivity index (χ1) is 5.41. The molecule has 0 N–H and O–H groups in total. The van der Waals surface area contributed by atoms with E-state index in [0.717, 1.165) is 6.21 Å². The second kappa shape index (κ2) is 2.93. The average molecular weight is 195 g/mol. The molecule has 0 aromatic heterocycles. The number of rotatable bonds is 0. The van der Waals surface area contributed by atoms with Crippen LogP contribution in [0.15, 0.2) is 15.6 Å². The molecule has 0 bridgehead atoms. The van der Waals surface area contributed by atoms with E-state index < -0.39 is 29.0 Å². The SMILES string of the molecule is O=C1C=NC(S)=C(C(F)(F)F)C1. The van der Waals surface area contributed by atoms with Gasteiger partial charge in [0.25, 0.3) is 0 Å². The number of alkyl halides is 3. The fourth-order valence-electron chi connectivity index (χ4n) is 0.737. The van der Waals surface area contributed by atoms with Crippen LogP contribution in [-0.2, 0) is 4.79 Å². The van der Waals surface area contributed by atoms with Crippen LogP contribution in [0, 0.1) is 0 Å². The summed E-state index contributed by atoms with van der Waals surface area (Å²) < 4.78 is 36.1. The highest BCUT2D eigenvalue weighted by atomic mass is 32.1. The Bertz CT molecular complexity index is 279. The number of thiol groups is 1. The van der Waals surface area contributed by atoms with Crippen molar-refractivity contribution in [3.8, 4) is 0 Å². The largest absolute Gasteiger partial charge is 0.415 e. The predicted octanol–water partition coefficient (Wildman–Crippen LogP) is 1.73. The van der Waals surface area contributed by atoms with Gasteiger partial charge in [-0.1, -0.05) is 0 Å². The number of Topliss-reactive ketones (excluding diaryl/α,β-unsaturated/α-hetero) is 1. The lowest BCUT2D eigenvalue weighted by molar-refractivity contribution is -0.117. The molecule has 1 rings (SSSR count). The lowest BCUT2D eigenvalue weighted by Gasteiger charge is -2.13. The van der Waals surface area contributed by atoms with E-state index in [1.54, 1.807) is 0 Å². The molecule has 0 fully saturated rings. The zero-order chi connectivity index (χ0) is 9.35. The molecule has 0 saturated heterocycles. The van der Waals surface area contributed by atoms with Crippen LogP contribution in [-0.4, -0.2) is 18.2 Å². The lowest BCUT2D eigenvalue weighted by Crippen LogP contribution is -2.19. The summed E-state index contributed by atoms with van der Waals surface area (Å²) in [6.07, 6.45) is -4.33. The van der Waals surface area contributed by atoms with Gasteiger partial charge in [-0.15, -0.1) is 12.6 Å². The first kappa shape index (κ1) is 9.31. The number of hydrogen-bond donors (Lipinski definition) is 1. The van der Waals surface area contributed by atoms with Gasteiger partial charge in [0.1, 0.15) is 5.03 Å². The third-order valence-corrected chi connectivity index (χ3v) is 1.68. The Morgan fingerprint density at radius 2 is 2.08 bits per heavy atom. The summed E-state index contributed by atoms with van der Waals surface area (Å²) >= 11 is 3.50. The number of hydrogen-bond acceptors (Lipinski definition) is 3. The molecule has 66 valence electrons. The van der Waals surface area contributed by atoms with Crippen molar-refractivity contribution in [1.82, 2.24) is 0 Å². The molecule has 0 spiro atoms. The molecule has 0 saturated carbocycles. The Morgan fingerprint density at radius 1 is 1.50 bits per heavy atom. The molecule has 2 nitrogen and oxygen atoms in total. The topological polar surface area (TPSA) is 29.4 Å². The standard InChI is InChI=1S/C6H4F3NOS/c7-6(8,9)4-1-3(11)2-10-5(4)12/h2,12H,1H2. The van der Waals surface area contributed by atoms with Crippen molar-refractivity contribution in [2.75, 3.05) is 0 Å². The van der Waals surface area contributed by atoms with E-state index in [0.29, 0.717) is 0 Å². The molecule has 0 amide bonds. The van der Waals surface area contributed by atoms with E-state index in [4.69, 9.17) is 0 Å². The quantitative estimate of drug-likeness (QED) is 0.586. The molecular weight excluding hydrogens is 191 g/mol. The smallest absolute Gasteiger partial charge is 0.293 e. The van der Waals surface area contributed by atoms with E-state index >= 15 is 0 Å². The van der Waals surface area contributed by atoms with Gasteiger partial charge < -0.3 is 0 Å². The maximum absolute atomic E-state index is 12.0. The summed E-state index contributed by atoms with van der Waals surface area (Å²) in [6.45, 7) is 0. The minimum Gasteiger partial charge on any atom is -0.293 e. The monoisotopic (exact) mass is 195 g/mol. The number of ketones is 1. The summed E-state index contributed by atoms with van der Waals surface area (Å²) in [5.41, 5.74) is -0.974. The van der Waals surface area contributed by atoms with Crippen molar-refractivity contribution < 1.29 is 18.0 Å².